The number of anilines is 2. The molecule has 1 aromatic carbocycles. The standard InChI is InChI=1S/C17H28N4O/c1-17(2,3)19-16(22)13-18-14-5-7-15(8-6-14)21-11-9-20(4)10-12-21/h5-8,18H,9-13H2,1-4H3,(H,19,22). The summed E-state index contributed by atoms with van der Waals surface area (Å²) in [7, 11) is 2.16. The number of rotatable bonds is 4. The zero-order valence-corrected chi connectivity index (χ0v) is 14.1. The van der Waals surface area contributed by atoms with Gasteiger partial charge in [0.2, 0.25) is 5.91 Å². The number of nitrogens with zero attached hydrogens (tertiary/aromatic N) is 2. The predicted molar refractivity (Wildman–Crippen MR) is 92.5 cm³/mol. The molecule has 0 atom stereocenters. The average Bonchev–Trinajstić information content (AvgIpc) is 2.45. The lowest BCUT2D eigenvalue weighted by Crippen LogP contribution is -2.44. The van der Waals surface area contributed by atoms with Gasteiger partial charge in [-0.05, 0) is 52.1 Å². The minimum absolute atomic E-state index is 0.00986. The van der Waals surface area contributed by atoms with Crippen molar-refractivity contribution in [3.63, 3.8) is 0 Å². The Bertz CT molecular complexity index is 484. The molecule has 1 fully saturated rings. The molecular formula is C17H28N4O. The van der Waals surface area contributed by atoms with E-state index >= 15 is 0 Å². The highest BCUT2D eigenvalue weighted by atomic mass is 16.2. The molecule has 0 spiro atoms. The summed E-state index contributed by atoms with van der Waals surface area (Å²) >= 11 is 0. The van der Waals surface area contributed by atoms with Gasteiger partial charge in [-0.2, -0.15) is 0 Å². The minimum Gasteiger partial charge on any atom is -0.376 e. The molecule has 1 saturated heterocycles. The number of piperazine rings is 1. The molecule has 1 amide bonds. The molecule has 122 valence electrons. The summed E-state index contributed by atoms with van der Waals surface area (Å²) < 4.78 is 0. The van der Waals surface area contributed by atoms with E-state index in [1.165, 1.54) is 5.69 Å². The summed E-state index contributed by atoms with van der Waals surface area (Å²) in [6.45, 7) is 10.6. The summed E-state index contributed by atoms with van der Waals surface area (Å²) in [4.78, 5) is 16.5. The Morgan fingerprint density at radius 3 is 2.23 bits per heavy atom. The molecule has 0 saturated carbocycles. The van der Waals surface area contributed by atoms with Gasteiger partial charge in [0, 0.05) is 43.1 Å². The molecule has 0 bridgehead atoms. The minimum atomic E-state index is -0.190. The van der Waals surface area contributed by atoms with Crippen LogP contribution < -0.4 is 15.5 Å². The number of carbonyl (C=O) groups is 1. The molecule has 1 aromatic rings. The van der Waals surface area contributed by atoms with Gasteiger partial charge in [-0.3, -0.25) is 4.79 Å². The van der Waals surface area contributed by atoms with Crippen LogP contribution in [0.15, 0.2) is 24.3 Å². The molecule has 0 aromatic heterocycles. The van der Waals surface area contributed by atoms with Gasteiger partial charge in [0.15, 0.2) is 0 Å². The number of likely N-dealkylation sites (N-methyl/N-ethyl adjacent to an activating group) is 1. The maximum absolute atomic E-state index is 11.8. The fraction of sp³-hybridized carbons (Fsp3) is 0.588. The van der Waals surface area contributed by atoms with Gasteiger partial charge in [-0.1, -0.05) is 0 Å². The molecule has 5 nitrogen and oxygen atoms in total. The normalized spacial score (nSPS) is 16.5. The third kappa shape index (κ3) is 5.22. The lowest BCUT2D eigenvalue weighted by molar-refractivity contribution is -0.120. The number of benzene rings is 1. The van der Waals surface area contributed by atoms with Crippen LogP contribution in [-0.4, -0.2) is 56.1 Å². The molecule has 5 heteroatoms. The molecule has 2 rings (SSSR count). The van der Waals surface area contributed by atoms with Gasteiger partial charge in [0.05, 0.1) is 6.54 Å². The summed E-state index contributed by atoms with van der Waals surface area (Å²) in [5.74, 6) is 0.00986. The van der Waals surface area contributed by atoms with Crippen LogP contribution >= 0.6 is 0 Å². The maximum Gasteiger partial charge on any atom is 0.239 e. The second kappa shape index (κ2) is 7.01. The quantitative estimate of drug-likeness (QED) is 0.890. The van der Waals surface area contributed by atoms with Crippen molar-refractivity contribution in [2.75, 3.05) is 50.0 Å². The SMILES string of the molecule is CN1CCN(c2ccc(NCC(=O)NC(C)(C)C)cc2)CC1. The van der Waals surface area contributed by atoms with Crippen LogP contribution in [-0.2, 0) is 4.79 Å². The van der Waals surface area contributed by atoms with Crippen LogP contribution in [0.5, 0.6) is 0 Å². The van der Waals surface area contributed by atoms with Gasteiger partial charge in [-0.15, -0.1) is 0 Å². The highest BCUT2D eigenvalue weighted by Crippen LogP contribution is 2.19. The molecule has 1 aliphatic rings. The van der Waals surface area contributed by atoms with Crippen LogP contribution in [0, 0.1) is 0 Å². The number of carbonyl (C=O) groups excluding carboxylic acids is 1. The van der Waals surface area contributed by atoms with Gasteiger partial charge in [-0.25, -0.2) is 0 Å². The van der Waals surface area contributed by atoms with E-state index in [4.69, 9.17) is 0 Å². The zero-order chi connectivity index (χ0) is 16.2. The van der Waals surface area contributed by atoms with Crippen molar-refractivity contribution in [1.29, 1.82) is 0 Å². The third-order valence-corrected chi connectivity index (χ3v) is 3.70. The van der Waals surface area contributed by atoms with E-state index in [0.717, 1.165) is 31.9 Å². The molecule has 1 heterocycles. The molecule has 2 N–H and O–H groups in total. The Balaban J connectivity index is 1.83. The smallest absolute Gasteiger partial charge is 0.239 e. The van der Waals surface area contributed by atoms with Crippen molar-refractivity contribution < 1.29 is 4.79 Å². The first-order valence-electron chi connectivity index (χ1n) is 7.92. The van der Waals surface area contributed by atoms with Gasteiger partial charge < -0.3 is 20.4 Å². The third-order valence-electron chi connectivity index (χ3n) is 3.70. The van der Waals surface area contributed by atoms with E-state index in [9.17, 15) is 4.79 Å². The van der Waals surface area contributed by atoms with E-state index < -0.39 is 0 Å². The lowest BCUT2D eigenvalue weighted by Gasteiger charge is -2.34. The maximum atomic E-state index is 11.8. The van der Waals surface area contributed by atoms with E-state index in [0.29, 0.717) is 6.54 Å². The molecule has 1 aliphatic heterocycles. The van der Waals surface area contributed by atoms with Crippen molar-refractivity contribution >= 4 is 17.3 Å². The number of hydrogen-bond acceptors (Lipinski definition) is 4. The summed E-state index contributed by atoms with van der Waals surface area (Å²) in [6.07, 6.45) is 0. The molecule has 22 heavy (non-hydrogen) atoms. The Labute approximate surface area is 133 Å². The van der Waals surface area contributed by atoms with E-state index in [1.807, 2.05) is 32.9 Å². The highest BCUT2D eigenvalue weighted by molar-refractivity contribution is 5.81. The van der Waals surface area contributed by atoms with E-state index in [-0.39, 0.29) is 11.4 Å². The first kappa shape index (κ1) is 16.6. The molecule has 0 radical (unpaired) electrons. The Morgan fingerprint density at radius 2 is 1.68 bits per heavy atom. The molecule has 0 unspecified atom stereocenters. The second-order valence-electron chi connectivity index (χ2n) is 6.99. The van der Waals surface area contributed by atoms with Crippen molar-refractivity contribution in [2.24, 2.45) is 0 Å². The zero-order valence-electron chi connectivity index (χ0n) is 14.1. The van der Waals surface area contributed by atoms with Gasteiger partial charge in [0.1, 0.15) is 0 Å². The highest BCUT2D eigenvalue weighted by Gasteiger charge is 2.15. The first-order chi connectivity index (χ1) is 10.3. The van der Waals surface area contributed by atoms with E-state index in [1.54, 1.807) is 0 Å². The largest absolute Gasteiger partial charge is 0.376 e. The van der Waals surface area contributed by atoms with Crippen LogP contribution in [0.4, 0.5) is 11.4 Å². The van der Waals surface area contributed by atoms with Gasteiger partial charge in [0.25, 0.3) is 0 Å². The van der Waals surface area contributed by atoms with Crippen molar-refractivity contribution in [2.45, 2.75) is 26.3 Å². The topological polar surface area (TPSA) is 47.6 Å². The average molecular weight is 304 g/mol. The lowest BCUT2D eigenvalue weighted by atomic mass is 10.1. The second-order valence-corrected chi connectivity index (χ2v) is 6.99. The number of amides is 1. The first-order valence-corrected chi connectivity index (χ1v) is 7.92. The molecular weight excluding hydrogens is 276 g/mol. The Hall–Kier alpha value is -1.75. The Morgan fingerprint density at radius 1 is 1.09 bits per heavy atom. The number of nitrogens with one attached hydrogen (secondary N) is 2. The van der Waals surface area contributed by atoms with Crippen molar-refractivity contribution in [3.8, 4) is 0 Å². The predicted octanol–water partition coefficient (Wildman–Crippen LogP) is 1.76. The summed E-state index contributed by atoms with van der Waals surface area (Å²) in [6, 6.07) is 8.32. The van der Waals surface area contributed by atoms with Crippen LogP contribution in [0.2, 0.25) is 0 Å². The number of hydrogen-bond donors (Lipinski definition) is 2. The molecule has 0 aliphatic carbocycles. The monoisotopic (exact) mass is 304 g/mol. The van der Waals surface area contributed by atoms with Crippen LogP contribution in [0.3, 0.4) is 0 Å². The van der Waals surface area contributed by atoms with Crippen LogP contribution in [0.1, 0.15) is 20.8 Å². The van der Waals surface area contributed by atoms with Gasteiger partial charge >= 0.3 is 0 Å². The fourth-order valence-corrected chi connectivity index (χ4v) is 2.50. The summed E-state index contributed by atoms with van der Waals surface area (Å²) in [5.41, 5.74) is 2.03. The van der Waals surface area contributed by atoms with E-state index in [2.05, 4.69) is 39.6 Å². The van der Waals surface area contributed by atoms with Crippen molar-refractivity contribution in [1.82, 2.24) is 10.2 Å². The van der Waals surface area contributed by atoms with Crippen LogP contribution in [0.25, 0.3) is 0 Å². The van der Waals surface area contributed by atoms with Crippen molar-refractivity contribution in [3.05, 3.63) is 24.3 Å². The Kier molecular flexibility index (Phi) is 5.29. The summed E-state index contributed by atoms with van der Waals surface area (Å²) in [5, 5.41) is 6.11. The fourth-order valence-electron chi connectivity index (χ4n) is 2.50.